The number of rotatable bonds is 4. The van der Waals surface area contributed by atoms with Crippen molar-refractivity contribution in [1.29, 1.82) is 0 Å². The number of sulfonamides is 1. The van der Waals surface area contributed by atoms with E-state index in [1.54, 1.807) is 24.3 Å². The highest BCUT2D eigenvalue weighted by molar-refractivity contribution is 7.91. The molecule has 0 bridgehead atoms. The number of ether oxygens (including phenoxy) is 1. The molecule has 0 saturated carbocycles. The molecule has 22 heavy (non-hydrogen) atoms. The molecule has 7 heteroatoms. The Balaban J connectivity index is 2.17. The standard InChI is InChI=1S/C15H22N2O4S/c1-4-21-13-8-6-12(7-9-13)16-14(18)15(2)10-5-11-17(3)22(15,19)20/h6-9H,4-5,10-11H2,1-3H3,(H,16,18). The second-order valence-electron chi connectivity index (χ2n) is 5.57. The van der Waals surface area contributed by atoms with E-state index < -0.39 is 20.7 Å². The van der Waals surface area contributed by atoms with E-state index in [1.165, 1.54) is 18.3 Å². The Kier molecular flexibility index (Phi) is 4.77. The van der Waals surface area contributed by atoms with Crippen LogP contribution in [-0.4, -0.2) is 43.6 Å². The predicted molar refractivity (Wildman–Crippen MR) is 85.4 cm³/mol. The quantitative estimate of drug-likeness (QED) is 0.916. The molecule has 1 unspecified atom stereocenters. The van der Waals surface area contributed by atoms with E-state index in [9.17, 15) is 13.2 Å². The van der Waals surface area contributed by atoms with Crippen LogP contribution in [0.5, 0.6) is 5.75 Å². The third-order valence-electron chi connectivity index (χ3n) is 4.01. The van der Waals surface area contributed by atoms with Crippen LogP contribution in [-0.2, 0) is 14.8 Å². The molecular formula is C15H22N2O4S. The van der Waals surface area contributed by atoms with Crippen LogP contribution in [0.25, 0.3) is 0 Å². The number of nitrogens with one attached hydrogen (secondary N) is 1. The largest absolute Gasteiger partial charge is 0.494 e. The van der Waals surface area contributed by atoms with Crippen LogP contribution in [0, 0.1) is 0 Å². The van der Waals surface area contributed by atoms with Gasteiger partial charge >= 0.3 is 0 Å². The second kappa shape index (κ2) is 6.26. The maximum absolute atomic E-state index is 12.5. The SMILES string of the molecule is CCOc1ccc(NC(=O)C2(C)CCCN(C)S2(=O)=O)cc1. The van der Waals surface area contributed by atoms with Crippen molar-refractivity contribution >= 4 is 21.6 Å². The number of hydrogen-bond donors (Lipinski definition) is 1. The van der Waals surface area contributed by atoms with Crippen LogP contribution in [0.2, 0.25) is 0 Å². The first-order valence-corrected chi connectivity index (χ1v) is 8.75. The van der Waals surface area contributed by atoms with Gasteiger partial charge in [-0.15, -0.1) is 0 Å². The molecule has 1 aliphatic heterocycles. The highest BCUT2D eigenvalue weighted by Crippen LogP contribution is 2.32. The van der Waals surface area contributed by atoms with Crippen LogP contribution in [0.3, 0.4) is 0 Å². The van der Waals surface area contributed by atoms with Crippen molar-refractivity contribution in [3.8, 4) is 5.75 Å². The van der Waals surface area contributed by atoms with E-state index >= 15 is 0 Å². The number of benzene rings is 1. The van der Waals surface area contributed by atoms with E-state index in [4.69, 9.17) is 4.74 Å². The molecule has 122 valence electrons. The van der Waals surface area contributed by atoms with E-state index in [1.807, 2.05) is 6.92 Å². The van der Waals surface area contributed by atoms with Crippen molar-refractivity contribution in [2.45, 2.75) is 31.4 Å². The van der Waals surface area contributed by atoms with Gasteiger partial charge in [-0.25, -0.2) is 12.7 Å². The summed E-state index contributed by atoms with van der Waals surface area (Å²) in [6.45, 7) is 4.39. The molecule has 1 saturated heterocycles. The summed E-state index contributed by atoms with van der Waals surface area (Å²) in [5.41, 5.74) is 0.554. The van der Waals surface area contributed by atoms with Gasteiger partial charge in [-0.3, -0.25) is 4.79 Å². The topological polar surface area (TPSA) is 75.7 Å². The van der Waals surface area contributed by atoms with Crippen LogP contribution in [0.1, 0.15) is 26.7 Å². The van der Waals surface area contributed by atoms with Gasteiger partial charge in [0.1, 0.15) is 5.75 Å². The summed E-state index contributed by atoms with van der Waals surface area (Å²) in [7, 11) is -2.13. The highest BCUT2D eigenvalue weighted by Gasteiger charge is 2.50. The third kappa shape index (κ3) is 2.96. The lowest BCUT2D eigenvalue weighted by molar-refractivity contribution is -0.118. The normalized spacial score (nSPS) is 24.7. The molecule has 1 fully saturated rings. The summed E-state index contributed by atoms with van der Waals surface area (Å²) in [6.07, 6.45) is 0.992. The summed E-state index contributed by atoms with van der Waals surface area (Å²) < 4.78 is 30.1. The molecule has 0 aromatic heterocycles. The predicted octanol–water partition coefficient (Wildman–Crippen LogP) is 1.84. The molecule has 0 spiro atoms. The van der Waals surface area contributed by atoms with E-state index in [-0.39, 0.29) is 0 Å². The summed E-state index contributed by atoms with van der Waals surface area (Å²) >= 11 is 0. The first kappa shape index (κ1) is 16.8. The summed E-state index contributed by atoms with van der Waals surface area (Å²) in [5.74, 6) is 0.208. The Morgan fingerprint density at radius 2 is 2.00 bits per heavy atom. The number of anilines is 1. The molecule has 0 aliphatic carbocycles. The Hall–Kier alpha value is -1.60. The molecule has 1 aromatic rings. The minimum atomic E-state index is -3.64. The number of amides is 1. The molecule has 1 N–H and O–H groups in total. The maximum atomic E-state index is 12.5. The summed E-state index contributed by atoms with van der Waals surface area (Å²) in [6, 6.07) is 6.88. The van der Waals surface area contributed by atoms with Crippen molar-refractivity contribution in [3.63, 3.8) is 0 Å². The number of nitrogens with zero attached hydrogens (tertiary/aromatic N) is 1. The summed E-state index contributed by atoms with van der Waals surface area (Å²) in [5, 5.41) is 2.70. The fraction of sp³-hybridized carbons (Fsp3) is 0.533. The average molecular weight is 326 g/mol. The van der Waals surface area contributed by atoms with Crippen LogP contribution in [0.4, 0.5) is 5.69 Å². The van der Waals surface area contributed by atoms with Crippen molar-refractivity contribution in [2.24, 2.45) is 0 Å². The van der Waals surface area contributed by atoms with Crippen LogP contribution >= 0.6 is 0 Å². The molecule has 1 atom stereocenters. The van der Waals surface area contributed by atoms with Gasteiger partial charge in [0, 0.05) is 19.3 Å². The van der Waals surface area contributed by atoms with Gasteiger partial charge in [0.05, 0.1) is 6.61 Å². The van der Waals surface area contributed by atoms with Gasteiger partial charge in [0.15, 0.2) is 4.75 Å². The van der Waals surface area contributed by atoms with E-state index in [0.29, 0.717) is 37.4 Å². The Labute approximate surface area is 131 Å². The average Bonchev–Trinajstić information content (AvgIpc) is 2.47. The van der Waals surface area contributed by atoms with Crippen molar-refractivity contribution < 1.29 is 17.9 Å². The molecule has 0 radical (unpaired) electrons. The molecular weight excluding hydrogens is 304 g/mol. The van der Waals surface area contributed by atoms with Gasteiger partial charge in [-0.05, 0) is 51.0 Å². The number of hydrogen-bond acceptors (Lipinski definition) is 4. The van der Waals surface area contributed by atoms with Crippen LogP contribution in [0.15, 0.2) is 24.3 Å². The van der Waals surface area contributed by atoms with Gasteiger partial charge < -0.3 is 10.1 Å². The number of carbonyl (C=O) groups is 1. The highest BCUT2D eigenvalue weighted by atomic mass is 32.2. The fourth-order valence-corrected chi connectivity index (χ4v) is 4.27. The minimum absolute atomic E-state index is 0.322. The zero-order chi connectivity index (χ0) is 16.4. The van der Waals surface area contributed by atoms with Gasteiger partial charge in [0.2, 0.25) is 15.9 Å². The van der Waals surface area contributed by atoms with E-state index in [2.05, 4.69) is 5.32 Å². The molecule has 1 aliphatic rings. The van der Waals surface area contributed by atoms with Gasteiger partial charge in [-0.2, -0.15) is 0 Å². The Morgan fingerprint density at radius 1 is 1.36 bits per heavy atom. The first-order valence-electron chi connectivity index (χ1n) is 7.31. The fourth-order valence-electron chi connectivity index (χ4n) is 2.53. The Morgan fingerprint density at radius 3 is 2.59 bits per heavy atom. The van der Waals surface area contributed by atoms with Crippen LogP contribution < -0.4 is 10.1 Å². The van der Waals surface area contributed by atoms with Crippen molar-refractivity contribution in [3.05, 3.63) is 24.3 Å². The smallest absolute Gasteiger partial charge is 0.246 e. The monoisotopic (exact) mass is 326 g/mol. The zero-order valence-corrected chi connectivity index (χ0v) is 13.9. The summed E-state index contributed by atoms with van der Waals surface area (Å²) in [4.78, 5) is 12.5. The van der Waals surface area contributed by atoms with Crippen molar-refractivity contribution in [2.75, 3.05) is 25.5 Å². The lowest BCUT2D eigenvalue weighted by Gasteiger charge is -2.36. The zero-order valence-electron chi connectivity index (χ0n) is 13.1. The Bertz CT molecular complexity index is 642. The van der Waals surface area contributed by atoms with Crippen molar-refractivity contribution in [1.82, 2.24) is 4.31 Å². The van der Waals surface area contributed by atoms with Gasteiger partial charge in [-0.1, -0.05) is 0 Å². The number of carbonyl (C=O) groups excluding carboxylic acids is 1. The lowest BCUT2D eigenvalue weighted by atomic mass is 10.0. The molecule has 1 aromatic carbocycles. The lowest BCUT2D eigenvalue weighted by Crippen LogP contribution is -2.56. The second-order valence-corrected chi connectivity index (χ2v) is 8.05. The molecule has 2 rings (SSSR count). The molecule has 1 amide bonds. The minimum Gasteiger partial charge on any atom is -0.494 e. The molecule has 6 nitrogen and oxygen atoms in total. The third-order valence-corrected chi connectivity index (χ3v) is 6.54. The maximum Gasteiger partial charge on any atom is 0.246 e. The van der Waals surface area contributed by atoms with Gasteiger partial charge in [0.25, 0.3) is 0 Å². The first-order chi connectivity index (χ1) is 10.3. The van der Waals surface area contributed by atoms with E-state index in [0.717, 1.165) is 0 Å². The molecule has 1 heterocycles.